The third kappa shape index (κ3) is 43.6. The summed E-state index contributed by atoms with van der Waals surface area (Å²) in [6.45, 7) is 43.1. The summed E-state index contributed by atoms with van der Waals surface area (Å²) < 4.78 is 24.3. The Morgan fingerprint density at radius 3 is 1.45 bits per heavy atom. The standard InChI is InChI=1S/C65H123BN7O11P/c1-20-21-22-23-24-25-26-27-28-29-50(3)85-47-65(18,19)56(79)68-34-49(2)84-46-64(16,17)38-71-54(77)33-59(6,7)40-81-43-61(10,11)36-69-52(75)31-30-51(73-57(66)80)55(78)72-39-63(14,15)45-82-41-58(4,5)32-53(76)70-37-62(12,13)44-83-42-60(8,9)35-67-48-74/h27-28,48-51,85H,20-26,29-47H2,1-19H3,(H,67,74)(H,68,79)(H,69,75)(H,70,76)(H,71,77)(H,72,78)(H,73,80)/b28-27-/t49?,50?,51-/m0/s1. The van der Waals surface area contributed by atoms with E-state index in [2.05, 4.69) is 63.2 Å². The Hall–Kier alpha value is -3.64. The van der Waals surface area contributed by atoms with E-state index in [9.17, 15) is 33.6 Å². The molecule has 7 amide bonds. The number of carbonyl (C=O) groups is 7. The van der Waals surface area contributed by atoms with E-state index in [-0.39, 0.29) is 91.4 Å². The lowest BCUT2D eigenvalue weighted by Crippen LogP contribution is -2.49. The van der Waals surface area contributed by atoms with Crippen molar-refractivity contribution < 1.29 is 52.5 Å². The SMILES string of the molecule is [B]C(=O)N[C@@H](CCC(=O)NCC(C)(C)COCC(C)(C)CC(=O)NCC(C)(C)COC(C)CNC(=O)C(C)(C)CPC(C)C/C=C\CCCCCCCC)C(=O)NCC(C)(C)COCC(C)(C)CC(=O)NCC(C)(C)COCC(C)(C)CNC=O. The van der Waals surface area contributed by atoms with E-state index in [1.54, 1.807) is 0 Å². The van der Waals surface area contributed by atoms with Crippen molar-refractivity contribution in [3.8, 4) is 0 Å². The summed E-state index contributed by atoms with van der Waals surface area (Å²) in [6.07, 6.45) is 16.5. The fraction of sp³-hybridized carbons (Fsp3) is 0.862. The van der Waals surface area contributed by atoms with Crippen LogP contribution in [0.15, 0.2) is 12.2 Å². The van der Waals surface area contributed by atoms with E-state index in [1.807, 2.05) is 118 Å². The van der Waals surface area contributed by atoms with Crippen LogP contribution in [0, 0.1) is 43.3 Å². The predicted molar refractivity (Wildman–Crippen MR) is 348 cm³/mol. The van der Waals surface area contributed by atoms with E-state index < -0.39 is 44.8 Å². The smallest absolute Gasteiger partial charge is 0.242 e. The Morgan fingerprint density at radius 1 is 0.529 bits per heavy atom. The highest BCUT2D eigenvalue weighted by Crippen LogP contribution is 2.32. The summed E-state index contributed by atoms with van der Waals surface area (Å²) in [5.41, 5.74) is -2.71. The Balaban J connectivity index is 4.75. The zero-order chi connectivity index (χ0) is 65.2. The van der Waals surface area contributed by atoms with Crippen LogP contribution in [0.5, 0.6) is 0 Å². The molecule has 492 valence electrons. The first-order chi connectivity index (χ1) is 39.2. The Morgan fingerprint density at radius 2 is 0.965 bits per heavy atom. The molecular formula is C65H123BN7O11P. The number of nitrogens with one attached hydrogen (secondary N) is 7. The summed E-state index contributed by atoms with van der Waals surface area (Å²) in [7, 11) is 6.14. The van der Waals surface area contributed by atoms with Gasteiger partial charge in [-0.1, -0.05) is 169 Å². The monoisotopic (exact) mass is 1220 g/mol. The van der Waals surface area contributed by atoms with Gasteiger partial charge in [-0.3, -0.25) is 33.6 Å². The molecule has 0 aliphatic heterocycles. The van der Waals surface area contributed by atoms with Gasteiger partial charge in [0.25, 0.3) is 0 Å². The maximum absolute atomic E-state index is 13.3. The number of ether oxygens (including phenoxy) is 4. The minimum absolute atomic E-state index is 0.0170. The van der Waals surface area contributed by atoms with Crippen molar-refractivity contribution in [1.82, 2.24) is 37.2 Å². The highest BCUT2D eigenvalue weighted by molar-refractivity contribution is 7.39. The molecule has 85 heavy (non-hydrogen) atoms. The van der Waals surface area contributed by atoms with E-state index in [4.69, 9.17) is 26.8 Å². The van der Waals surface area contributed by atoms with Gasteiger partial charge in [-0.05, 0) is 55.3 Å². The number of hydrogen-bond acceptors (Lipinski definition) is 11. The van der Waals surface area contributed by atoms with Gasteiger partial charge in [0.05, 0.1) is 52.4 Å². The summed E-state index contributed by atoms with van der Waals surface area (Å²) in [5, 5.41) is 20.2. The van der Waals surface area contributed by atoms with Crippen molar-refractivity contribution in [3.63, 3.8) is 0 Å². The van der Waals surface area contributed by atoms with Gasteiger partial charge < -0.3 is 56.2 Å². The lowest BCUT2D eigenvalue weighted by Gasteiger charge is -2.31. The van der Waals surface area contributed by atoms with Gasteiger partial charge in [-0.2, -0.15) is 0 Å². The number of hydrogen-bond donors (Lipinski definition) is 7. The van der Waals surface area contributed by atoms with Crippen molar-refractivity contribution in [1.29, 1.82) is 0 Å². The maximum Gasteiger partial charge on any atom is 0.242 e. The van der Waals surface area contributed by atoms with Crippen LogP contribution in [-0.4, -0.2) is 159 Å². The lowest BCUT2D eigenvalue weighted by atomic mass is 9.89. The Bertz CT molecular complexity index is 2010. The minimum Gasteiger partial charge on any atom is -0.380 e. The van der Waals surface area contributed by atoms with Crippen LogP contribution < -0.4 is 37.2 Å². The first-order valence-corrected chi connectivity index (χ1v) is 32.8. The first kappa shape index (κ1) is 81.4. The fourth-order valence-electron chi connectivity index (χ4n) is 8.70. The van der Waals surface area contributed by atoms with E-state index in [0.29, 0.717) is 86.5 Å². The van der Waals surface area contributed by atoms with Crippen molar-refractivity contribution in [2.45, 2.75) is 226 Å². The number of allylic oxidation sites excluding steroid dienone is 2. The van der Waals surface area contributed by atoms with E-state index >= 15 is 0 Å². The van der Waals surface area contributed by atoms with Gasteiger partial charge in [-0.25, -0.2) is 0 Å². The van der Waals surface area contributed by atoms with Gasteiger partial charge in [-0.15, -0.1) is 8.58 Å². The van der Waals surface area contributed by atoms with Crippen LogP contribution in [0.3, 0.4) is 0 Å². The van der Waals surface area contributed by atoms with Gasteiger partial charge >= 0.3 is 0 Å². The van der Waals surface area contributed by atoms with E-state index in [1.165, 1.54) is 38.5 Å². The van der Waals surface area contributed by atoms with E-state index in [0.717, 1.165) is 19.0 Å². The summed E-state index contributed by atoms with van der Waals surface area (Å²) in [6, 6.07) is -1.05. The van der Waals surface area contributed by atoms with Crippen molar-refractivity contribution in [3.05, 3.63) is 12.2 Å². The molecule has 0 saturated carbocycles. The second-order valence-electron chi connectivity index (χ2n) is 30.4. The molecule has 4 atom stereocenters. The fourth-order valence-corrected chi connectivity index (χ4v) is 10.0. The van der Waals surface area contributed by atoms with Gasteiger partial charge in [0.15, 0.2) is 5.81 Å². The number of carbonyl (C=O) groups excluding carboxylic acids is 7. The molecule has 3 unspecified atom stereocenters. The molecule has 2 radical (unpaired) electrons. The number of amides is 7. The lowest BCUT2D eigenvalue weighted by molar-refractivity contribution is -0.129. The molecule has 0 aliphatic carbocycles. The molecule has 0 bridgehead atoms. The van der Waals surface area contributed by atoms with Crippen LogP contribution in [0.4, 0.5) is 4.79 Å². The van der Waals surface area contributed by atoms with Crippen LogP contribution in [0.25, 0.3) is 0 Å². The molecular weight excluding hydrogens is 1100 g/mol. The van der Waals surface area contributed by atoms with Crippen molar-refractivity contribution in [2.24, 2.45) is 43.3 Å². The molecule has 0 heterocycles. The molecule has 0 aliphatic rings. The molecule has 0 fully saturated rings. The molecule has 0 aromatic rings. The highest BCUT2D eigenvalue weighted by atomic mass is 31.1. The van der Waals surface area contributed by atoms with Crippen LogP contribution in [0.2, 0.25) is 0 Å². The molecule has 20 heteroatoms. The van der Waals surface area contributed by atoms with Crippen LogP contribution in [0.1, 0.15) is 209 Å². The highest BCUT2D eigenvalue weighted by Gasteiger charge is 2.32. The molecule has 0 spiro atoms. The average Bonchev–Trinajstić information content (AvgIpc) is 3.49. The number of unbranched alkanes of at least 4 members (excludes halogenated alkanes) is 6. The van der Waals surface area contributed by atoms with Crippen molar-refractivity contribution >= 4 is 58.2 Å². The third-order valence-electron chi connectivity index (χ3n) is 14.4. The molecule has 0 saturated heterocycles. The molecule has 0 rings (SSSR count). The summed E-state index contributed by atoms with van der Waals surface area (Å²) in [5.74, 6) is -1.83. The zero-order valence-electron chi connectivity index (χ0n) is 56.9. The third-order valence-corrected chi connectivity index (χ3v) is 16.4. The minimum atomic E-state index is -1.05. The molecule has 18 nitrogen and oxygen atoms in total. The van der Waals surface area contributed by atoms with Crippen molar-refractivity contribution in [2.75, 3.05) is 91.7 Å². The predicted octanol–water partition coefficient (Wildman–Crippen LogP) is 9.55. The maximum atomic E-state index is 13.3. The molecule has 0 aromatic carbocycles. The largest absolute Gasteiger partial charge is 0.380 e. The molecule has 0 aromatic heterocycles. The average molecular weight is 1220 g/mol. The number of rotatable bonds is 50. The van der Waals surface area contributed by atoms with Crippen LogP contribution in [-0.2, 0) is 47.7 Å². The second-order valence-corrected chi connectivity index (χ2v) is 32.1. The second kappa shape index (κ2) is 40.1. The molecule has 7 N–H and O–H groups in total. The van der Waals surface area contributed by atoms with Gasteiger partial charge in [0.1, 0.15) is 6.04 Å². The summed E-state index contributed by atoms with van der Waals surface area (Å²) >= 11 is 0. The van der Waals surface area contributed by atoms with Gasteiger partial charge in [0.2, 0.25) is 43.8 Å². The quantitative estimate of drug-likeness (QED) is 0.00995. The topological polar surface area (TPSA) is 241 Å². The first-order valence-electron chi connectivity index (χ1n) is 31.5. The Labute approximate surface area is 519 Å². The normalized spacial score (nSPS) is 14.2. The Kier molecular flexibility index (Phi) is 38.4. The van der Waals surface area contributed by atoms with Crippen LogP contribution >= 0.6 is 8.58 Å². The zero-order valence-corrected chi connectivity index (χ0v) is 57.9. The summed E-state index contributed by atoms with van der Waals surface area (Å²) in [4.78, 5) is 88.3. The van der Waals surface area contributed by atoms with Gasteiger partial charge in [0, 0.05) is 91.0 Å².